The molecule has 6 nitrogen and oxygen atoms in total. The largest absolute Gasteiger partial charge is 0.451 e. The van der Waals surface area contributed by atoms with Gasteiger partial charge in [0.1, 0.15) is 5.76 Å². The molecule has 0 saturated carbocycles. The summed E-state index contributed by atoms with van der Waals surface area (Å²) in [5.41, 5.74) is 1.59. The first-order valence-corrected chi connectivity index (χ1v) is 8.68. The molecule has 1 N–H and O–H groups in total. The van der Waals surface area contributed by atoms with Gasteiger partial charge in [0.15, 0.2) is 5.76 Å². The Hall–Kier alpha value is -2.60. The summed E-state index contributed by atoms with van der Waals surface area (Å²) in [7, 11) is 0. The van der Waals surface area contributed by atoms with Gasteiger partial charge < -0.3 is 19.5 Å². The van der Waals surface area contributed by atoms with Gasteiger partial charge in [0, 0.05) is 43.5 Å². The van der Waals surface area contributed by atoms with Crippen LogP contribution in [-0.4, -0.2) is 54.3 Å². The minimum Gasteiger partial charge on any atom is -0.451 e. The Kier molecular flexibility index (Phi) is 4.28. The molecular formula is C19H21N3O3. The SMILES string of the molecule is O=CNc1ccc(-c2ccc(C(=O)N3CCN4CCC3CC4)o2)cc1. The van der Waals surface area contributed by atoms with Gasteiger partial charge in [0.2, 0.25) is 6.41 Å². The van der Waals surface area contributed by atoms with Gasteiger partial charge in [-0.3, -0.25) is 9.59 Å². The van der Waals surface area contributed by atoms with E-state index in [1.807, 2.05) is 23.1 Å². The zero-order valence-electron chi connectivity index (χ0n) is 14.0. The predicted molar refractivity (Wildman–Crippen MR) is 94.3 cm³/mol. The van der Waals surface area contributed by atoms with E-state index < -0.39 is 0 Å². The molecule has 0 unspecified atom stereocenters. The van der Waals surface area contributed by atoms with Crippen LogP contribution >= 0.6 is 0 Å². The molecule has 4 heterocycles. The first-order valence-electron chi connectivity index (χ1n) is 8.68. The lowest BCUT2D eigenvalue weighted by Gasteiger charge is -2.30. The molecular weight excluding hydrogens is 318 g/mol. The lowest BCUT2D eigenvalue weighted by atomic mass is 10.1. The molecule has 3 fully saturated rings. The minimum atomic E-state index is -0.0146. The van der Waals surface area contributed by atoms with Gasteiger partial charge in [-0.1, -0.05) is 0 Å². The first-order chi connectivity index (χ1) is 12.2. The van der Waals surface area contributed by atoms with Crippen LogP contribution in [0.1, 0.15) is 23.4 Å². The number of nitrogens with one attached hydrogen (secondary N) is 1. The van der Waals surface area contributed by atoms with Crippen molar-refractivity contribution in [1.82, 2.24) is 9.80 Å². The Labute approximate surface area is 146 Å². The molecule has 2 bridgehead atoms. The van der Waals surface area contributed by atoms with Crippen LogP contribution < -0.4 is 5.32 Å². The van der Waals surface area contributed by atoms with E-state index in [4.69, 9.17) is 4.42 Å². The highest BCUT2D eigenvalue weighted by Crippen LogP contribution is 2.27. The summed E-state index contributed by atoms with van der Waals surface area (Å²) in [5.74, 6) is 1.04. The van der Waals surface area contributed by atoms with Crippen molar-refractivity contribution in [2.45, 2.75) is 18.9 Å². The highest BCUT2D eigenvalue weighted by atomic mass is 16.4. The Balaban J connectivity index is 1.52. The molecule has 3 saturated heterocycles. The van der Waals surface area contributed by atoms with Gasteiger partial charge in [0.25, 0.3) is 5.91 Å². The zero-order valence-corrected chi connectivity index (χ0v) is 14.0. The van der Waals surface area contributed by atoms with Crippen molar-refractivity contribution in [2.75, 3.05) is 31.5 Å². The van der Waals surface area contributed by atoms with Crippen molar-refractivity contribution in [3.05, 3.63) is 42.2 Å². The molecule has 0 aliphatic carbocycles. The van der Waals surface area contributed by atoms with Crippen LogP contribution in [0.15, 0.2) is 40.8 Å². The summed E-state index contributed by atoms with van der Waals surface area (Å²) in [6.45, 7) is 3.88. The van der Waals surface area contributed by atoms with E-state index in [9.17, 15) is 9.59 Å². The molecule has 2 amide bonds. The number of amides is 2. The summed E-state index contributed by atoms with van der Waals surface area (Å²) in [6.07, 6.45) is 2.74. The van der Waals surface area contributed by atoms with Gasteiger partial charge in [-0.05, 0) is 49.2 Å². The number of hydrogen-bond donors (Lipinski definition) is 1. The van der Waals surface area contributed by atoms with E-state index in [0.29, 0.717) is 24.0 Å². The third-order valence-electron chi connectivity index (χ3n) is 5.13. The van der Waals surface area contributed by atoms with Gasteiger partial charge >= 0.3 is 0 Å². The number of hydrogen-bond acceptors (Lipinski definition) is 4. The van der Waals surface area contributed by atoms with Crippen LogP contribution in [0.2, 0.25) is 0 Å². The highest BCUT2D eigenvalue weighted by molar-refractivity contribution is 5.92. The van der Waals surface area contributed by atoms with Crippen molar-refractivity contribution in [1.29, 1.82) is 0 Å². The number of piperidine rings is 1. The van der Waals surface area contributed by atoms with E-state index in [2.05, 4.69) is 10.2 Å². The van der Waals surface area contributed by atoms with Crippen LogP contribution in [0.3, 0.4) is 0 Å². The maximum Gasteiger partial charge on any atom is 0.289 e. The number of fused-ring (bicyclic) bond motifs is 4. The second-order valence-corrected chi connectivity index (χ2v) is 6.57. The molecule has 25 heavy (non-hydrogen) atoms. The molecule has 0 spiro atoms. The number of carbonyl (C=O) groups excluding carboxylic acids is 2. The van der Waals surface area contributed by atoms with E-state index in [1.54, 1.807) is 18.2 Å². The van der Waals surface area contributed by atoms with Gasteiger partial charge in [-0.15, -0.1) is 0 Å². The lowest BCUT2D eigenvalue weighted by Crippen LogP contribution is -2.41. The normalized spacial score (nSPS) is 22.5. The Bertz CT molecular complexity index is 760. The molecule has 0 radical (unpaired) electrons. The molecule has 2 aromatic rings. The third kappa shape index (κ3) is 3.17. The topological polar surface area (TPSA) is 65.8 Å². The smallest absolute Gasteiger partial charge is 0.289 e. The van der Waals surface area contributed by atoms with E-state index in [-0.39, 0.29) is 5.91 Å². The fraction of sp³-hybridized carbons (Fsp3) is 0.368. The Morgan fingerprint density at radius 1 is 1.04 bits per heavy atom. The second-order valence-electron chi connectivity index (χ2n) is 6.57. The lowest BCUT2D eigenvalue weighted by molar-refractivity contribution is -0.105. The average molecular weight is 339 g/mol. The molecule has 1 aromatic heterocycles. The number of rotatable bonds is 4. The maximum absolute atomic E-state index is 12.9. The van der Waals surface area contributed by atoms with E-state index in [0.717, 1.165) is 50.3 Å². The van der Waals surface area contributed by atoms with Crippen LogP contribution in [0, 0.1) is 0 Å². The molecule has 0 atom stereocenters. The summed E-state index contributed by atoms with van der Waals surface area (Å²) >= 11 is 0. The molecule has 5 rings (SSSR count). The van der Waals surface area contributed by atoms with Crippen molar-refractivity contribution >= 4 is 18.0 Å². The quantitative estimate of drug-likeness (QED) is 0.869. The maximum atomic E-state index is 12.9. The number of anilines is 1. The summed E-state index contributed by atoms with van der Waals surface area (Å²) < 4.78 is 5.84. The number of furan rings is 1. The van der Waals surface area contributed by atoms with Crippen LogP contribution in [0.4, 0.5) is 5.69 Å². The fourth-order valence-corrected chi connectivity index (χ4v) is 3.70. The van der Waals surface area contributed by atoms with E-state index >= 15 is 0 Å². The summed E-state index contributed by atoms with van der Waals surface area (Å²) in [6, 6.07) is 11.2. The van der Waals surface area contributed by atoms with Crippen LogP contribution in [0.25, 0.3) is 11.3 Å². The van der Waals surface area contributed by atoms with Gasteiger partial charge in [-0.25, -0.2) is 0 Å². The van der Waals surface area contributed by atoms with Gasteiger partial charge in [0.05, 0.1) is 0 Å². The van der Waals surface area contributed by atoms with Crippen LogP contribution in [-0.2, 0) is 4.79 Å². The second kappa shape index (κ2) is 6.72. The summed E-state index contributed by atoms with van der Waals surface area (Å²) in [5, 5.41) is 2.60. The van der Waals surface area contributed by atoms with Crippen molar-refractivity contribution in [2.24, 2.45) is 0 Å². The third-order valence-corrected chi connectivity index (χ3v) is 5.13. The van der Waals surface area contributed by atoms with Crippen molar-refractivity contribution < 1.29 is 14.0 Å². The first kappa shape index (κ1) is 15.9. The van der Waals surface area contributed by atoms with E-state index in [1.165, 1.54) is 0 Å². The number of nitrogens with zero attached hydrogens (tertiary/aromatic N) is 2. The zero-order chi connectivity index (χ0) is 17.2. The molecule has 3 aliphatic rings. The monoisotopic (exact) mass is 339 g/mol. The van der Waals surface area contributed by atoms with Crippen LogP contribution in [0.5, 0.6) is 0 Å². The molecule has 6 heteroatoms. The predicted octanol–water partition coefficient (Wildman–Crippen LogP) is 2.44. The minimum absolute atomic E-state index is 0.0146. The molecule has 3 aliphatic heterocycles. The van der Waals surface area contributed by atoms with Crippen molar-refractivity contribution in [3.63, 3.8) is 0 Å². The Morgan fingerprint density at radius 3 is 2.52 bits per heavy atom. The highest BCUT2D eigenvalue weighted by Gasteiger charge is 2.33. The standard InChI is InChI=1S/C19H21N3O3/c23-13-20-15-3-1-14(2-4-15)17-5-6-18(25-17)19(24)22-12-11-21-9-7-16(22)8-10-21/h1-6,13,16H,7-12H2,(H,20,23). The van der Waals surface area contributed by atoms with Gasteiger partial charge in [-0.2, -0.15) is 0 Å². The Morgan fingerprint density at radius 2 is 1.80 bits per heavy atom. The molecule has 1 aromatic carbocycles. The fourth-order valence-electron chi connectivity index (χ4n) is 3.70. The number of carbonyl (C=O) groups is 2. The summed E-state index contributed by atoms with van der Waals surface area (Å²) in [4.78, 5) is 27.8. The number of benzene rings is 1. The van der Waals surface area contributed by atoms with Crippen molar-refractivity contribution in [3.8, 4) is 11.3 Å². The molecule has 130 valence electrons. The average Bonchev–Trinajstić information content (AvgIpc) is 2.95.